The maximum absolute atomic E-state index is 12.5. The molecule has 156 valence electrons. The van der Waals surface area contributed by atoms with Crippen molar-refractivity contribution in [1.29, 1.82) is 0 Å². The van der Waals surface area contributed by atoms with Gasteiger partial charge in [-0.25, -0.2) is 4.98 Å². The molecule has 0 aliphatic carbocycles. The van der Waals surface area contributed by atoms with Crippen LogP contribution >= 0.6 is 0 Å². The molecule has 0 aliphatic rings. The molecule has 0 bridgehead atoms. The maximum Gasteiger partial charge on any atom is 0.255 e. The summed E-state index contributed by atoms with van der Waals surface area (Å²) in [6, 6.07) is 11.9. The van der Waals surface area contributed by atoms with E-state index in [1.807, 2.05) is 24.3 Å². The number of ether oxygens (including phenoxy) is 3. The van der Waals surface area contributed by atoms with Crippen LogP contribution < -0.4 is 25.3 Å². The second kappa shape index (κ2) is 9.41. The Morgan fingerprint density at radius 1 is 1.07 bits per heavy atom. The number of primary amides is 1. The fraction of sp³-hybridized carbons (Fsp3) is 0.200. The molecule has 10 nitrogen and oxygen atoms in total. The van der Waals surface area contributed by atoms with Gasteiger partial charge in [0.1, 0.15) is 11.6 Å². The van der Waals surface area contributed by atoms with Crippen molar-refractivity contribution in [3.05, 3.63) is 53.9 Å². The molecule has 3 rings (SSSR count). The van der Waals surface area contributed by atoms with E-state index in [1.54, 1.807) is 13.2 Å². The number of hydrogen-bond acceptors (Lipinski definition) is 7. The van der Waals surface area contributed by atoms with E-state index in [9.17, 15) is 9.59 Å². The van der Waals surface area contributed by atoms with Crippen molar-refractivity contribution in [2.75, 3.05) is 20.8 Å². The van der Waals surface area contributed by atoms with Gasteiger partial charge in [0.25, 0.3) is 11.8 Å². The number of aromatic amines is 1. The van der Waals surface area contributed by atoms with Gasteiger partial charge in [0, 0.05) is 11.1 Å². The van der Waals surface area contributed by atoms with Crippen molar-refractivity contribution < 1.29 is 23.8 Å². The minimum absolute atomic E-state index is 0.157. The maximum atomic E-state index is 12.5. The van der Waals surface area contributed by atoms with Crippen molar-refractivity contribution >= 4 is 11.8 Å². The zero-order valence-corrected chi connectivity index (χ0v) is 16.5. The molecule has 3 aromatic rings. The Balaban J connectivity index is 1.62. The highest BCUT2D eigenvalue weighted by Gasteiger charge is 2.13. The van der Waals surface area contributed by atoms with E-state index in [2.05, 4.69) is 20.5 Å². The molecule has 0 aliphatic heterocycles. The first-order valence-electron chi connectivity index (χ1n) is 8.93. The minimum Gasteiger partial charge on any atom is -0.497 e. The number of carbonyl (C=O) groups is 2. The smallest absolute Gasteiger partial charge is 0.255 e. The lowest BCUT2D eigenvalue weighted by Crippen LogP contribution is -2.23. The van der Waals surface area contributed by atoms with Crippen molar-refractivity contribution in [2.45, 2.75) is 6.54 Å². The third-order valence-electron chi connectivity index (χ3n) is 4.09. The number of aromatic nitrogens is 3. The molecule has 0 radical (unpaired) electrons. The molecule has 10 heteroatoms. The van der Waals surface area contributed by atoms with Gasteiger partial charge in [-0.3, -0.25) is 14.7 Å². The molecule has 0 saturated carbocycles. The van der Waals surface area contributed by atoms with Gasteiger partial charge >= 0.3 is 0 Å². The number of rotatable bonds is 9. The highest BCUT2D eigenvalue weighted by Crippen LogP contribution is 2.28. The second-order valence-corrected chi connectivity index (χ2v) is 6.14. The van der Waals surface area contributed by atoms with Crippen LogP contribution in [0.4, 0.5) is 0 Å². The average molecular weight is 411 g/mol. The molecule has 0 spiro atoms. The summed E-state index contributed by atoms with van der Waals surface area (Å²) in [6.07, 6.45) is 0. The first-order valence-corrected chi connectivity index (χ1v) is 8.93. The second-order valence-electron chi connectivity index (χ2n) is 6.14. The predicted octanol–water partition coefficient (Wildman–Crippen LogP) is 1.28. The molecular weight excluding hydrogens is 390 g/mol. The van der Waals surface area contributed by atoms with Crippen LogP contribution in [-0.4, -0.2) is 47.8 Å². The number of nitrogens with two attached hydrogens (primary N) is 1. The van der Waals surface area contributed by atoms with Gasteiger partial charge in [-0.05, 0) is 42.5 Å². The lowest BCUT2D eigenvalue weighted by molar-refractivity contribution is -0.119. The lowest BCUT2D eigenvalue weighted by atomic mass is 10.2. The van der Waals surface area contributed by atoms with Crippen LogP contribution in [-0.2, 0) is 11.3 Å². The van der Waals surface area contributed by atoms with Crippen molar-refractivity contribution in [3.63, 3.8) is 0 Å². The standard InChI is InChI=1S/C20H21N5O5/c1-28-14-6-3-12(4-7-14)19-23-18(24-25-19)10-22-20(27)13-5-8-15(16(9-13)29-2)30-11-17(21)26/h3-9H,10-11H2,1-2H3,(H2,21,26)(H,22,27)(H,23,24,25). The SMILES string of the molecule is COc1ccc(-c2n[nH]c(CNC(=O)c3ccc(OCC(N)=O)c(OC)c3)n2)cc1. The van der Waals surface area contributed by atoms with E-state index in [0.717, 1.165) is 11.3 Å². The van der Waals surface area contributed by atoms with Gasteiger partial charge in [-0.2, -0.15) is 5.10 Å². The average Bonchev–Trinajstić information content (AvgIpc) is 3.25. The number of methoxy groups -OCH3 is 2. The topological polar surface area (TPSA) is 141 Å². The first-order chi connectivity index (χ1) is 14.5. The number of H-pyrrole nitrogens is 1. The molecule has 0 fully saturated rings. The zero-order valence-electron chi connectivity index (χ0n) is 16.5. The van der Waals surface area contributed by atoms with Crippen LogP contribution in [0.1, 0.15) is 16.2 Å². The molecule has 0 saturated heterocycles. The highest BCUT2D eigenvalue weighted by molar-refractivity contribution is 5.94. The summed E-state index contributed by atoms with van der Waals surface area (Å²) in [6.45, 7) is -0.131. The van der Waals surface area contributed by atoms with E-state index in [1.165, 1.54) is 19.2 Å². The fourth-order valence-electron chi connectivity index (χ4n) is 2.59. The molecule has 30 heavy (non-hydrogen) atoms. The van der Waals surface area contributed by atoms with Crippen molar-refractivity contribution in [3.8, 4) is 28.6 Å². The van der Waals surface area contributed by atoms with Crippen LogP contribution in [0, 0.1) is 0 Å². The van der Waals surface area contributed by atoms with Crippen LogP contribution in [0.3, 0.4) is 0 Å². The molecule has 1 heterocycles. The molecule has 1 aromatic heterocycles. The summed E-state index contributed by atoms with van der Waals surface area (Å²) in [7, 11) is 3.03. The largest absolute Gasteiger partial charge is 0.497 e. The summed E-state index contributed by atoms with van der Waals surface area (Å²) < 4.78 is 15.6. The van der Waals surface area contributed by atoms with E-state index in [4.69, 9.17) is 19.9 Å². The predicted molar refractivity (Wildman–Crippen MR) is 107 cm³/mol. The molecule has 0 atom stereocenters. The summed E-state index contributed by atoms with van der Waals surface area (Å²) in [4.78, 5) is 27.7. The van der Waals surface area contributed by atoms with E-state index < -0.39 is 5.91 Å². The first kappa shape index (κ1) is 20.6. The summed E-state index contributed by atoms with van der Waals surface area (Å²) in [5, 5.41) is 9.72. The quantitative estimate of drug-likeness (QED) is 0.481. The summed E-state index contributed by atoms with van der Waals surface area (Å²) in [5.74, 6) is 1.43. The van der Waals surface area contributed by atoms with Gasteiger partial charge in [0.2, 0.25) is 0 Å². The van der Waals surface area contributed by atoms with E-state index in [0.29, 0.717) is 28.7 Å². The number of amides is 2. The molecule has 2 amide bonds. The van der Waals surface area contributed by atoms with Crippen LogP contribution in [0.15, 0.2) is 42.5 Å². The monoisotopic (exact) mass is 411 g/mol. The van der Waals surface area contributed by atoms with Gasteiger partial charge in [-0.15, -0.1) is 0 Å². The molecule has 2 aromatic carbocycles. The Morgan fingerprint density at radius 3 is 2.50 bits per heavy atom. The van der Waals surface area contributed by atoms with Crippen LogP contribution in [0.25, 0.3) is 11.4 Å². The van der Waals surface area contributed by atoms with Gasteiger partial charge < -0.3 is 25.3 Å². The van der Waals surface area contributed by atoms with Gasteiger partial charge in [0.15, 0.2) is 23.9 Å². The Bertz CT molecular complexity index is 1030. The summed E-state index contributed by atoms with van der Waals surface area (Å²) >= 11 is 0. The Morgan fingerprint density at radius 2 is 1.83 bits per heavy atom. The number of nitrogens with zero attached hydrogens (tertiary/aromatic N) is 2. The van der Waals surface area contributed by atoms with Crippen LogP contribution in [0.2, 0.25) is 0 Å². The normalized spacial score (nSPS) is 10.3. The number of hydrogen-bond donors (Lipinski definition) is 3. The Labute approximate surface area is 172 Å². The molecule has 4 N–H and O–H groups in total. The zero-order chi connectivity index (χ0) is 21.5. The third-order valence-corrected chi connectivity index (χ3v) is 4.09. The summed E-state index contributed by atoms with van der Waals surface area (Å²) in [5.41, 5.74) is 6.24. The minimum atomic E-state index is -0.611. The molecular formula is C20H21N5O5. The number of carbonyl (C=O) groups excluding carboxylic acids is 2. The third kappa shape index (κ3) is 5.04. The number of benzene rings is 2. The van der Waals surface area contributed by atoms with Crippen LogP contribution in [0.5, 0.6) is 17.2 Å². The number of nitrogens with one attached hydrogen (secondary N) is 2. The lowest BCUT2D eigenvalue weighted by Gasteiger charge is -2.11. The van der Waals surface area contributed by atoms with E-state index >= 15 is 0 Å². The highest BCUT2D eigenvalue weighted by atomic mass is 16.5. The Kier molecular flexibility index (Phi) is 6.48. The van der Waals surface area contributed by atoms with Crippen molar-refractivity contribution in [2.24, 2.45) is 5.73 Å². The van der Waals surface area contributed by atoms with Crippen molar-refractivity contribution in [1.82, 2.24) is 20.5 Å². The Hall–Kier alpha value is -4.08. The van der Waals surface area contributed by atoms with Gasteiger partial charge in [-0.1, -0.05) is 0 Å². The molecule has 0 unspecified atom stereocenters. The fourth-order valence-corrected chi connectivity index (χ4v) is 2.59. The van der Waals surface area contributed by atoms with Gasteiger partial charge in [0.05, 0.1) is 20.8 Å². The van der Waals surface area contributed by atoms with E-state index in [-0.39, 0.29) is 19.1 Å².